The molecule has 2 aromatic rings. The smallest absolute Gasteiger partial charge is 0.212 e. The van der Waals surface area contributed by atoms with Crippen molar-refractivity contribution in [3.05, 3.63) is 67.1 Å². The number of aryl methyl sites for hydroxylation is 1. The molecule has 0 aliphatic carbocycles. The van der Waals surface area contributed by atoms with E-state index in [0.29, 0.717) is 0 Å². The van der Waals surface area contributed by atoms with Crippen molar-refractivity contribution in [3.8, 4) is 0 Å². The Morgan fingerprint density at radius 1 is 1.04 bits per heavy atom. The van der Waals surface area contributed by atoms with Crippen LogP contribution in [0.4, 0.5) is 11.4 Å². The molecule has 0 atom stereocenters. The zero-order valence-electron chi connectivity index (χ0n) is 18.4. The molecule has 0 bridgehead atoms. The van der Waals surface area contributed by atoms with E-state index in [0.717, 1.165) is 12.8 Å². The lowest BCUT2D eigenvalue weighted by molar-refractivity contribution is -0.401. The van der Waals surface area contributed by atoms with Gasteiger partial charge in [0.25, 0.3) is 0 Å². The molecule has 0 saturated heterocycles. The van der Waals surface area contributed by atoms with Crippen molar-refractivity contribution >= 4 is 28.4 Å². The van der Waals surface area contributed by atoms with Crippen LogP contribution in [-0.2, 0) is 12.8 Å². The molecule has 3 heterocycles. The second-order valence-electron chi connectivity index (χ2n) is 8.48. The van der Waals surface area contributed by atoms with E-state index in [9.17, 15) is 0 Å². The molecule has 0 unspecified atom stereocenters. The molecule has 28 heavy (non-hydrogen) atoms. The van der Waals surface area contributed by atoms with Crippen LogP contribution < -0.4 is 4.90 Å². The predicted molar refractivity (Wildman–Crippen MR) is 123 cm³/mol. The van der Waals surface area contributed by atoms with Gasteiger partial charge in [0.2, 0.25) is 5.69 Å². The summed E-state index contributed by atoms with van der Waals surface area (Å²) in [5.74, 6) is 0. The maximum atomic E-state index is 2.41. The number of nitrogens with zero attached hydrogens (tertiary/aromatic N) is 2. The van der Waals surface area contributed by atoms with E-state index >= 15 is 0 Å². The van der Waals surface area contributed by atoms with Crippen LogP contribution in [-0.4, -0.2) is 24.4 Å². The highest BCUT2D eigenvalue weighted by Gasteiger charge is 2.31. The first-order chi connectivity index (χ1) is 13.2. The van der Waals surface area contributed by atoms with Gasteiger partial charge in [-0.25, -0.2) is 0 Å². The van der Waals surface area contributed by atoms with E-state index in [1.165, 1.54) is 65.9 Å². The fraction of sp³-hybridized carbons (Fsp3) is 0.400. The summed E-state index contributed by atoms with van der Waals surface area (Å²) in [6, 6.07) is 2.31. The van der Waals surface area contributed by atoms with E-state index in [-0.39, 0.29) is 0 Å². The standard InChI is InChI=1S/C25H31N2S/c1-14(10-21-13-24-23(26(21)7)11-15(2)28-24)9-20-12-22-18(5)16(3)17(4)19(6)25(22)27(20)8/h9-11H,12-13H2,1-8H3/q+1. The molecule has 0 saturated carbocycles. The third-order valence-electron chi connectivity index (χ3n) is 6.74. The Balaban J connectivity index is 1.66. The van der Waals surface area contributed by atoms with E-state index in [4.69, 9.17) is 0 Å². The fourth-order valence-electron chi connectivity index (χ4n) is 4.74. The first kappa shape index (κ1) is 19.2. The molecule has 0 amide bonds. The summed E-state index contributed by atoms with van der Waals surface area (Å²) in [7, 11) is 4.42. The van der Waals surface area contributed by atoms with Crippen LogP contribution in [0.25, 0.3) is 0 Å². The SMILES string of the molecule is CC(=CC1=[N+](C)c2c(C)c(C)c(C)c(C)c2C1)C=C1Cc2sc(C)cc2N1C. The molecule has 0 spiro atoms. The van der Waals surface area contributed by atoms with Crippen LogP contribution in [0.15, 0.2) is 29.5 Å². The summed E-state index contributed by atoms with van der Waals surface area (Å²) in [6.45, 7) is 13.5. The highest BCUT2D eigenvalue weighted by molar-refractivity contribution is 7.12. The lowest BCUT2D eigenvalue weighted by Gasteiger charge is -2.14. The number of hydrogen-bond acceptors (Lipinski definition) is 2. The van der Waals surface area contributed by atoms with Gasteiger partial charge in [0.15, 0.2) is 5.71 Å². The number of rotatable bonds is 2. The lowest BCUT2D eigenvalue weighted by Crippen LogP contribution is -2.11. The molecule has 1 aromatic carbocycles. The van der Waals surface area contributed by atoms with Gasteiger partial charge < -0.3 is 4.90 Å². The summed E-state index contributed by atoms with van der Waals surface area (Å²) in [4.78, 5) is 5.25. The van der Waals surface area contributed by atoms with Crippen molar-refractivity contribution in [2.24, 2.45) is 0 Å². The van der Waals surface area contributed by atoms with Crippen molar-refractivity contribution in [3.63, 3.8) is 0 Å². The number of benzene rings is 1. The first-order valence-electron chi connectivity index (χ1n) is 10.1. The van der Waals surface area contributed by atoms with Gasteiger partial charge in [-0.2, -0.15) is 4.58 Å². The zero-order chi connectivity index (χ0) is 20.3. The van der Waals surface area contributed by atoms with Gasteiger partial charge in [-0.05, 0) is 75.9 Å². The van der Waals surface area contributed by atoms with Gasteiger partial charge in [0, 0.05) is 46.1 Å². The number of hydrogen-bond donors (Lipinski definition) is 0. The van der Waals surface area contributed by atoms with Crippen LogP contribution in [0.3, 0.4) is 0 Å². The largest absolute Gasteiger partial charge is 0.347 e. The minimum Gasteiger partial charge on any atom is -0.347 e. The molecule has 1 aromatic heterocycles. The molecule has 2 aliphatic heterocycles. The van der Waals surface area contributed by atoms with E-state index in [2.05, 4.69) is 83.3 Å². The van der Waals surface area contributed by atoms with Crippen molar-refractivity contribution in [2.75, 3.05) is 19.0 Å². The van der Waals surface area contributed by atoms with Gasteiger partial charge in [-0.15, -0.1) is 11.3 Å². The van der Waals surface area contributed by atoms with Crippen LogP contribution in [0.5, 0.6) is 0 Å². The Hall–Kier alpha value is -2.13. The number of fused-ring (bicyclic) bond motifs is 2. The molecule has 0 radical (unpaired) electrons. The molecule has 3 heteroatoms. The second-order valence-corrected chi connectivity index (χ2v) is 9.82. The summed E-state index contributed by atoms with van der Waals surface area (Å²) < 4.78 is 2.41. The third kappa shape index (κ3) is 2.88. The Bertz CT molecular complexity index is 1090. The van der Waals surface area contributed by atoms with Crippen molar-refractivity contribution in [1.29, 1.82) is 0 Å². The maximum Gasteiger partial charge on any atom is 0.212 e. The summed E-state index contributed by atoms with van der Waals surface area (Å²) in [5, 5.41) is 0. The summed E-state index contributed by atoms with van der Waals surface area (Å²) >= 11 is 1.93. The highest BCUT2D eigenvalue weighted by atomic mass is 32.1. The normalized spacial score (nSPS) is 17.8. The van der Waals surface area contributed by atoms with E-state index < -0.39 is 0 Å². The molecular weight excluding hydrogens is 360 g/mol. The number of allylic oxidation sites excluding steroid dienone is 4. The summed E-state index contributed by atoms with van der Waals surface area (Å²) in [6.07, 6.45) is 6.82. The van der Waals surface area contributed by atoms with Crippen LogP contribution in [0.2, 0.25) is 0 Å². The average molecular weight is 392 g/mol. The Labute approximate surface area is 173 Å². The van der Waals surface area contributed by atoms with Crippen LogP contribution >= 0.6 is 11.3 Å². The van der Waals surface area contributed by atoms with Crippen molar-refractivity contribution < 1.29 is 4.58 Å². The summed E-state index contributed by atoms with van der Waals surface area (Å²) in [5.41, 5.74) is 14.2. The number of likely N-dealkylation sites (N-methyl/N-ethyl adjacent to an activating group) is 1. The molecule has 0 N–H and O–H groups in total. The molecular formula is C25H31N2S+. The van der Waals surface area contributed by atoms with Gasteiger partial charge in [0.05, 0.1) is 12.1 Å². The maximum absolute atomic E-state index is 2.41. The van der Waals surface area contributed by atoms with E-state index in [1.807, 2.05) is 11.3 Å². The Morgan fingerprint density at radius 3 is 2.39 bits per heavy atom. The molecule has 2 aliphatic rings. The van der Waals surface area contributed by atoms with Gasteiger partial charge >= 0.3 is 0 Å². The number of thiophene rings is 1. The van der Waals surface area contributed by atoms with Crippen LogP contribution in [0, 0.1) is 34.6 Å². The Kier molecular flexibility index (Phi) is 4.62. The van der Waals surface area contributed by atoms with Crippen molar-refractivity contribution in [2.45, 2.75) is 54.4 Å². The van der Waals surface area contributed by atoms with Gasteiger partial charge in [0.1, 0.15) is 7.05 Å². The first-order valence-corrected chi connectivity index (χ1v) is 10.9. The average Bonchev–Trinajstić information content (AvgIpc) is 3.25. The minimum atomic E-state index is 1.03. The molecule has 4 rings (SSSR count). The molecule has 146 valence electrons. The third-order valence-corrected chi connectivity index (χ3v) is 7.78. The second kappa shape index (κ2) is 6.73. The van der Waals surface area contributed by atoms with E-state index in [1.54, 1.807) is 0 Å². The minimum absolute atomic E-state index is 1.03. The lowest BCUT2D eigenvalue weighted by atomic mass is 9.91. The zero-order valence-corrected chi connectivity index (χ0v) is 19.3. The number of anilines is 1. The Morgan fingerprint density at radius 2 is 1.71 bits per heavy atom. The topological polar surface area (TPSA) is 6.25 Å². The monoisotopic (exact) mass is 391 g/mol. The van der Waals surface area contributed by atoms with Gasteiger partial charge in [-0.3, -0.25) is 0 Å². The van der Waals surface area contributed by atoms with Crippen molar-refractivity contribution in [1.82, 2.24) is 0 Å². The predicted octanol–water partition coefficient (Wildman–Crippen LogP) is 6.08. The quantitative estimate of drug-likeness (QED) is 0.562. The van der Waals surface area contributed by atoms with Gasteiger partial charge in [-0.1, -0.05) is 0 Å². The molecule has 2 nitrogen and oxygen atoms in total. The molecule has 0 fully saturated rings. The fourth-order valence-corrected chi connectivity index (χ4v) is 5.82. The highest BCUT2D eigenvalue weighted by Crippen LogP contribution is 2.40. The van der Waals surface area contributed by atoms with Crippen LogP contribution in [0.1, 0.15) is 44.5 Å².